The van der Waals surface area contributed by atoms with E-state index in [4.69, 9.17) is 17.3 Å². The molecule has 118 valence electrons. The zero-order valence-electron chi connectivity index (χ0n) is 12.9. The highest BCUT2D eigenvalue weighted by Gasteiger charge is 2.23. The zero-order valence-corrected chi connectivity index (χ0v) is 15.2. The van der Waals surface area contributed by atoms with Crippen LogP contribution in [0.5, 0.6) is 0 Å². The normalized spacial score (nSPS) is 19.1. The van der Waals surface area contributed by atoms with Crippen LogP contribution in [0.3, 0.4) is 0 Å². The molecule has 5 heteroatoms. The van der Waals surface area contributed by atoms with Crippen molar-refractivity contribution in [1.29, 1.82) is 0 Å². The number of rotatable bonds is 5. The topological polar surface area (TPSA) is 32.5 Å². The lowest BCUT2D eigenvalue weighted by molar-refractivity contribution is 0.151. The van der Waals surface area contributed by atoms with Gasteiger partial charge in [-0.1, -0.05) is 27.5 Å². The third-order valence-electron chi connectivity index (χ3n) is 4.46. The highest BCUT2D eigenvalue weighted by atomic mass is 79.9. The summed E-state index contributed by atoms with van der Waals surface area (Å²) in [6.07, 6.45) is 2.55. The molecule has 1 saturated heterocycles. The fourth-order valence-corrected chi connectivity index (χ4v) is 3.78. The van der Waals surface area contributed by atoms with E-state index in [0.717, 1.165) is 22.0 Å². The Morgan fingerprint density at radius 1 is 1.43 bits per heavy atom. The van der Waals surface area contributed by atoms with Gasteiger partial charge >= 0.3 is 0 Å². The maximum atomic E-state index is 6.14. The second-order valence-corrected chi connectivity index (χ2v) is 7.39. The summed E-state index contributed by atoms with van der Waals surface area (Å²) < 4.78 is 1.08. The monoisotopic (exact) mass is 373 g/mol. The molecule has 1 fully saturated rings. The van der Waals surface area contributed by atoms with Crippen LogP contribution in [0.1, 0.15) is 24.4 Å². The predicted molar refractivity (Wildman–Crippen MR) is 93.8 cm³/mol. The van der Waals surface area contributed by atoms with Crippen LogP contribution in [0.2, 0.25) is 5.02 Å². The summed E-state index contributed by atoms with van der Waals surface area (Å²) in [4.78, 5) is 4.79. The third-order valence-corrected chi connectivity index (χ3v) is 5.41. The van der Waals surface area contributed by atoms with E-state index in [1.54, 1.807) is 0 Å². The van der Waals surface area contributed by atoms with Gasteiger partial charge in [0.1, 0.15) is 0 Å². The number of hydrogen-bond donors (Lipinski definition) is 1. The largest absolute Gasteiger partial charge is 0.329 e. The van der Waals surface area contributed by atoms with E-state index in [1.165, 1.54) is 31.5 Å². The van der Waals surface area contributed by atoms with Crippen molar-refractivity contribution in [3.63, 3.8) is 0 Å². The van der Waals surface area contributed by atoms with Crippen LogP contribution in [-0.4, -0.2) is 50.1 Å². The maximum Gasteiger partial charge on any atom is 0.0479 e. The van der Waals surface area contributed by atoms with Gasteiger partial charge < -0.3 is 10.6 Å². The number of nitrogens with two attached hydrogens (primary N) is 1. The fourth-order valence-electron chi connectivity index (χ4n) is 3.09. The second-order valence-electron chi connectivity index (χ2n) is 6.10. The standard InChI is InChI=1S/C16H25BrClN3/c1-20-7-5-12(6-8-20)11-21(2)16(10-19)14-9-13(18)3-4-15(14)17/h3-4,9,12,16H,5-8,10-11,19H2,1-2H3. The third kappa shape index (κ3) is 4.67. The van der Waals surface area contributed by atoms with Crippen molar-refractivity contribution in [3.8, 4) is 0 Å². The minimum Gasteiger partial charge on any atom is -0.329 e. The predicted octanol–water partition coefficient (Wildman–Crippen LogP) is 3.38. The molecule has 1 atom stereocenters. The van der Waals surface area contributed by atoms with E-state index >= 15 is 0 Å². The van der Waals surface area contributed by atoms with Gasteiger partial charge in [0, 0.05) is 28.6 Å². The quantitative estimate of drug-likeness (QED) is 0.857. The number of nitrogens with zero attached hydrogens (tertiary/aromatic N) is 2. The van der Waals surface area contributed by atoms with E-state index in [2.05, 4.69) is 39.8 Å². The van der Waals surface area contributed by atoms with Crippen molar-refractivity contribution in [1.82, 2.24) is 9.80 Å². The first-order chi connectivity index (χ1) is 10.0. The van der Waals surface area contributed by atoms with Crippen LogP contribution in [0, 0.1) is 5.92 Å². The van der Waals surface area contributed by atoms with Crippen LogP contribution in [0.4, 0.5) is 0 Å². The van der Waals surface area contributed by atoms with Crippen LogP contribution in [-0.2, 0) is 0 Å². The Bertz CT molecular complexity index is 461. The van der Waals surface area contributed by atoms with Gasteiger partial charge in [-0.2, -0.15) is 0 Å². The van der Waals surface area contributed by atoms with Gasteiger partial charge in [-0.25, -0.2) is 0 Å². The van der Waals surface area contributed by atoms with E-state index in [9.17, 15) is 0 Å². The molecule has 0 amide bonds. The number of likely N-dealkylation sites (N-methyl/N-ethyl adjacent to an activating group) is 1. The van der Waals surface area contributed by atoms with Crippen molar-refractivity contribution in [2.45, 2.75) is 18.9 Å². The first-order valence-electron chi connectivity index (χ1n) is 7.55. The Hall–Kier alpha value is -0.130. The molecule has 1 aliphatic rings. The van der Waals surface area contributed by atoms with Crippen LogP contribution in [0.25, 0.3) is 0 Å². The summed E-state index contributed by atoms with van der Waals surface area (Å²) in [5.74, 6) is 0.762. The number of likely N-dealkylation sites (tertiary alicyclic amines) is 1. The Morgan fingerprint density at radius 2 is 2.10 bits per heavy atom. The van der Waals surface area contributed by atoms with Crippen LogP contribution < -0.4 is 5.73 Å². The molecule has 1 aromatic rings. The van der Waals surface area contributed by atoms with Crippen molar-refractivity contribution in [2.24, 2.45) is 11.7 Å². The molecule has 2 rings (SSSR count). The zero-order chi connectivity index (χ0) is 15.4. The van der Waals surface area contributed by atoms with Gasteiger partial charge in [-0.3, -0.25) is 4.90 Å². The lowest BCUT2D eigenvalue weighted by atomic mass is 9.95. The van der Waals surface area contributed by atoms with Crippen molar-refractivity contribution in [3.05, 3.63) is 33.3 Å². The minimum absolute atomic E-state index is 0.206. The van der Waals surface area contributed by atoms with E-state index in [1.807, 2.05) is 18.2 Å². The number of hydrogen-bond acceptors (Lipinski definition) is 3. The Balaban J connectivity index is 2.04. The van der Waals surface area contributed by atoms with Gasteiger partial charge in [0.05, 0.1) is 0 Å². The average Bonchev–Trinajstić information content (AvgIpc) is 2.46. The molecule has 1 aliphatic heterocycles. The van der Waals surface area contributed by atoms with Crippen molar-refractivity contribution >= 4 is 27.5 Å². The highest BCUT2D eigenvalue weighted by molar-refractivity contribution is 9.10. The van der Waals surface area contributed by atoms with Crippen LogP contribution >= 0.6 is 27.5 Å². The molecule has 0 aliphatic carbocycles. The summed E-state index contributed by atoms with van der Waals surface area (Å²) in [6, 6.07) is 6.13. The SMILES string of the molecule is CN1CCC(CN(C)C(CN)c2cc(Cl)ccc2Br)CC1. The summed E-state index contributed by atoms with van der Waals surface area (Å²) in [7, 11) is 4.37. The molecular formula is C16H25BrClN3. The van der Waals surface area contributed by atoms with Gasteiger partial charge in [-0.05, 0) is 69.7 Å². The smallest absolute Gasteiger partial charge is 0.0479 e. The molecule has 1 heterocycles. The first-order valence-corrected chi connectivity index (χ1v) is 8.72. The molecule has 0 aromatic heterocycles. The maximum absolute atomic E-state index is 6.14. The molecular weight excluding hydrogens is 350 g/mol. The summed E-state index contributed by atoms with van der Waals surface area (Å²) in [5.41, 5.74) is 7.22. The fraction of sp³-hybridized carbons (Fsp3) is 0.625. The van der Waals surface area contributed by atoms with Crippen molar-refractivity contribution < 1.29 is 0 Å². The van der Waals surface area contributed by atoms with Gasteiger partial charge in [-0.15, -0.1) is 0 Å². The van der Waals surface area contributed by atoms with Crippen molar-refractivity contribution in [2.75, 3.05) is 40.3 Å². The van der Waals surface area contributed by atoms with Gasteiger partial charge in [0.25, 0.3) is 0 Å². The summed E-state index contributed by atoms with van der Waals surface area (Å²) in [6.45, 7) is 4.09. The first kappa shape index (κ1) is 17.2. The molecule has 2 N–H and O–H groups in total. The van der Waals surface area contributed by atoms with Gasteiger partial charge in [0.2, 0.25) is 0 Å². The molecule has 21 heavy (non-hydrogen) atoms. The lowest BCUT2D eigenvalue weighted by Gasteiger charge is -2.35. The second kappa shape index (κ2) is 7.93. The molecule has 1 aromatic carbocycles. The minimum atomic E-state index is 0.206. The number of benzene rings is 1. The van der Waals surface area contributed by atoms with E-state index < -0.39 is 0 Å². The molecule has 0 radical (unpaired) electrons. The molecule has 0 spiro atoms. The number of halogens is 2. The summed E-state index contributed by atoms with van der Waals surface area (Å²) in [5, 5.41) is 0.763. The Kier molecular flexibility index (Phi) is 6.51. The van der Waals surface area contributed by atoms with Crippen LogP contribution in [0.15, 0.2) is 22.7 Å². The van der Waals surface area contributed by atoms with Gasteiger partial charge in [0.15, 0.2) is 0 Å². The van der Waals surface area contributed by atoms with E-state index in [-0.39, 0.29) is 6.04 Å². The number of piperidine rings is 1. The Morgan fingerprint density at radius 3 is 2.71 bits per heavy atom. The molecule has 1 unspecified atom stereocenters. The average molecular weight is 375 g/mol. The lowest BCUT2D eigenvalue weighted by Crippen LogP contribution is -2.39. The Labute approximate surface area is 141 Å². The molecule has 0 bridgehead atoms. The highest BCUT2D eigenvalue weighted by Crippen LogP contribution is 2.30. The molecule has 0 saturated carbocycles. The van der Waals surface area contributed by atoms with E-state index in [0.29, 0.717) is 6.54 Å². The molecule has 3 nitrogen and oxygen atoms in total. The summed E-state index contributed by atoms with van der Waals surface area (Å²) >= 11 is 9.77.